The zero-order valence-electron chi connectivity index (χ0n) is 9.10. The van der Waals surface area contributed by atoms with Gasteiger partial charge >= 0.3 is 0 Å². The van der Waals surface area contributed by atoms with Gasteiger partial charge in [-0.05, 0) is 24.3 Å². The Kier molecular flexibility index (Phi) is 4.23. The van der Waals surface area contributed by atoms with Crippen LogP contribution in [0.4, 0.5) is 5.82 Å². The first-order valence-electron chi connectivity index (χ1n) is 5.24. The second-order valence-corrected chi connectivity index (χ2v) is 4.34. The van der Waals surface area contributed by atoms with Crippen molar-refractivity contribution in [3.05, 3.63) is 41.4 Å². The molecule has 0 amide bonds. The molecule has 17 heavy (non-hydrogen) atoms. The number of nitrogens with zero attached hydrogens (tertiary/aromatic N) is 2. The van der Waals surface area contributed by atoms with E-state index >= 15 is 0 Å². The number of anilines is 1. The van der Waals surface area contributed by atoms with Crippen molar-refractivity contribution in [2.24, 2.45) is 0 Å². The summed E-state index contributed by atoms with van der Waals surface area (Å²) >= 11 is 9.94. The Bertz CT molecular complexity index is 470. The molecule has 0 spiro atoms. The number of aromatic nitrogens is 2. The van der Waals surface area contributed by atoms with Crippen LogP contribution in [0, 0.1) is 0 Å². The van der Waals surface area contributed by atoms with Crippen LogP contribution in [-0.4, -0.2) is 22.5 Å². The lowest BCUT2D eigenvalue weighted by atomic mass is 10.1. The number of rotatable bonds is 4. The molecule has 1 aromatic heterocycles. The maximum atomic E-state index is 5.83. The average Bonchev–Trinajstić information content (AvgIpc) is 2.38. The first-order chi connectivity index (χ1) is 8.29. The zero-order valence-corrected chi connectivity index (χ0v) is 10.7. The SMILES string of the molecule is SCCNc1ccc(-c2ccc(Cl)cc2)nn1. The molecular weight excluding hydrogens is 254 g/mol. The smallest absolute Gasteiger partial charge is 0.148 e. The monoisotopic (exact) mass is 265 g/mol. The maximum Gasteiger partial charge on any atom is 0.148 e. The van der Waals surface area contributed by atoms with Gasteiger partial charge in [-0.1, -0.05) is 23.7 Å². The van der Waals surface area contributed by atoms with Gasteiger partial charge in [-0.3, -0.25) is 0 Å². The van der Waals surface area contributed by atoms with Gasteiger partial charge in [0.05, 0.1) is 5.69 Å². The number of hydrogen-bond donors (Lipinski definition) is 2. The fraction of sp³-hybridized carbons (Fsp3) is 0.167. The highest BCUT2D eigenvalue weighted by molar-refractivity contribution is 7.80. The predicted octanol–water partition coefficient (Wildman–Crippen LogP) is 3.14. The summed E-state index contributed by atoms with van der Waals surface area (Å²) in [5.74, 6) is 1.53. The van der Waals surface area contributed by atoms with E-state index in [2.05, 4.69) is 28.1 Å². The van der Waals surface area contributed by atoms with Crippen LogP contribution in [0.2, 0.25) is 5.02 Å². The van der Waals surface area contributed by atoms with Crippen molar-refractivity contribution in [1.82, 2.24) is 10.2 Å². The second-order valence-electron chi connectivity index (χ2n) is 3.46. The Morgan fingerprint density at radius 3 is 2.41 bits per heavy atom. The van der Waals surface area contributed by atoms with Crippen LogP contribution in [0.1, 0.15) is 0 Å². The summed E-state index contributed by atoms with van der Waals surface area (Å²) in [4.78, 5) is 0. The fourth-order valence-electron chi connectivity index (χ4n) is 1.39. The molecule has 0 atom stereocenters. The fourth-order valence-corrected chi connectivity index (χ4v) is 1.62. The van der Waals surface area contributed by atoms with E-state index < -0.39 is 0 Å². The van der Waals surface area contributed by atoms with Crippen molar-refractivity contribution in [2.75, 3.05) is 17.6 Å². The Balaban J connectivity index is 2.14. The van der Waals surface area contributed by atoms with Gasteiger partial charge in [-0.15, -0.1) is 10.2 Å². The lowest BCUT2D eigenvalue weighted by molar-refractivity contribution is 1.02. The lowest BCUT2D eigenvalue weighted by Crippen LogP contribution is -2.05. The molecule has 1 N–H and O–H groups in total. The Labute approximate surface area is 111 Å². The minimum Gasteiger partial charge on any atom is -0.368 e. The molecule has 0 unspecified atom stereocenters. The molecule has 1 heterocycles. The van der Waals surface area contributed by atoms with Gasteiger partial charge in [-0.2, -0.15) is 12.6 Å². The van der Waals surface area contributed by atoms with Crippen LogP contribution in [0.25, 0.3) is 11.3 Å². The highest BCUT2D eigenvalue weighted by atomic mass is 35.5. The average molecular weight is 266 g/mol. The summed E-state index contributed by atoms with van der Waals surface area (Å²) in [5, 5.41) is 12.1. The summed E-state index contributed by atoms with van der Waals surface area (Å²) in [7, 11) is 0. The highest BCUT2D eigenvalue weighted by Crippen LogP contribution is 2.19. The molecule has 2 aromatic rings. The van der Waals surface area contributed by atoms with E-state index in [-0.39, 0.29) is 0 Å². The van der Waals surface area contributed by atoms with E-state index in [4.69, 9.17) is 11.6 Å². The third-order valence-electron chi connectivity index (χ3n) is 2.22. The van der Waals surface area contributed by atoms with E-state index in [9.17, 15) is 0 Å². The third-order valence-corrected chi connectivity index (χ3v) is 2.70. The standard InChI is InChI=1S/C12H12ClN3S/c13-10-3-1-9(2-4-10)11-5-6-12(16-15-11)14-7-8-17/h1-6,17H,7-8H2,(H,14,16). The molecule has 3 nitrogen and oxygen atoms in total. The predicted molar refractivity (Wildman–Crippen MR) is 74.8 cm³/mol. The minimum atomic E-state index is 0.716. The van der Waals surface area contributed by atoms with Gasteiger partial charge in [-0.25, -0.2) is 0 Å². The molecule has 0 saturated carbocycles. The van der Waals surface area contributed by atoms with Crippen molar-refractivity contribution >= 4 is 30.0 Å². The number of benzene rings is 1. The molecule has 2 rings (SSSR count). The van der Waals surface area contributed by atoms with Crippen LogP contribution in [0.5, 0.6) is 0 Å². The first-order valence-corrected chi connectivity index (χ1v) is 6.25. The third kappa shape index (κ3) is 3.35. The quantitative estimate of drug-likeness (QED) is 0.834. The van der Waals surface area contributed by atoms with Gasteiger partial charge in [0.2, 0.25) is 0 Å². The molecule has 5 heteroatoms. The van der Waals surface area contributed by atoms with Crippen LogP contribution >= 0.6 is 24.2 Å². The zero-order chi connectivity index (χ0) is 12.1. The van der Waals surface area contributed by atoms with Gasteiger partial charge in [0, 0.05) is 22.9 Å². The van der Waals surface area contributed by atoms with E-state index in [1.807, 2.05) is 36.4 Å². The largest absolute Gasteiger partial charge is 0.368 e. The summed E-state index contributed by atoms with van der Waals surface area (Å²) in [6, 6.07) is 11.4. The number of thiol groups is 1. The van der Waals surface area contributed by atoms with Crippen molar-refractivity contribution in [3.8, 4) is 11.3 Å². The molecule has 0 saturated heterocycles. The van der Waals surface area contributed by atoms with Gasteiger partial charge in [0.15, 0.2) is 0 Å². The van der Waals surface area contributed by atoms with E-state index in [0.717, 1.165) is 29.4 Å². The molecule has 0 radical (unpaired) electrons. The van der Waals surface area contributed by atoms with Crippen LogP contribution < -0.4 is 5.32 Å². The molecule has 0 aliphatic carbocycles. The molecule has 0 fully saturated rings. The maximum absolute atomic E-state index is 5.83. The van der Waals surface area contributed by atoms with Crippen LogP contribution in [0.15, 0.2) is 36.4 Å². The minimum absolute atomic E-state index is 0.716. The normalized spacial score (nSPS) is 10.2. The number of hydrogen-bond acceptors (Lipinski definition) is 4. The Hall–Kier alpha value is -1.26. The summed E-state index contributed by atoms with van der Waals surface area (Å²) in [6.45, 7) is 0.776. The molecular formula is C12H12ClN3S. The Morgan fingerprint density at radius 1 is 1.06 bits per heavy atom. The van der Waals surface area contributed by atoms with E-state index in [1.54, 1.807) is 0 Å². The second kappa shape index (κ2) is 5.89. The highest BCUT2D eigenvalue weighted by Gasteiger charge is 2.00. The topological polar surface area (TPSA) is 37.8 Å². The van der Waals surface area contributed by atoms with Crippen molar-refractivity contribution in [3.63, 3.8) is 0 Å². The number of nitrogens with one attached hydrogen (secondary N) is 1. The van der Waals surface area contributed by atoms with Gasteiger partial charge < -0.3 is 5.32 Å². The van der Waals surface area contributed by atoms with Gasteiger partial charge in [0.1, 0.15) is 5.82 Å². The molecule has 1 aromatic carbocycles. The molecule has 0 aliphatic heterocycles. The van der Waals surface area contributed by atoms with Crippen molar-refractivity contribution in [2.45, 2.75) is 0 Å². The van der Waals surface area contributed by atoms with Crippen LogP contribution in [0.3, 0.4) is 0 Å². The Morgan fingerprint density at radius 2 is 1.82 bits per heavy atom. The van der Waals surface area contributed by atoms with Crippen LogP contribution in [-0.2, 0) is 0 Å². The summed E-state index contributed by atoms with van der Waals surface area (Å²) in [5.41, 5.74) is 1.83. The van der Waals surface area contributed by atoms with Crippen molar-refractivity contribution < 1.29 is 0 Å². The van der Waals surface area contributed by atoms with Crippen molar-refractivity contribution in [1.29, 1.82) is 0 Å². The van der Waals surface area contributed by atoms with E-state index in [0.29, 0.717) is 5.02 Å². The molecule has 88 valence electrons. The first kappa shape index (κ1) is 12.2. The number of halogens is 1. The van der Waals surface area contributed by atoms with E-state index in [1.165, 1.54) is 0 Å². The summed E-state index contributed by atoms with van der Waals surface area (Å²) < 4.78 is 0. The molecule has 0 aliphatic rings. The lowest BCUT2D eigenvalue weighted by Gasteiger charge is -2.04. The molecule has 0 bridgehead atoms. The van der Waals surface area contributed by atoms with Gasteiger partial charge in [0.25, 0.3) is 0 Å². The summed E-state index contributed by atoms with van der Waals surface area (Å²) in [6.07, 6.45) is 0.